The normalized spacial score (nSPS) is 22.8. The van der Waals surface area contributed by atoms with Crippen molar-refractivity contribution in [2.75, 3.05) is 26.7 Å². The Kier molecular flexibility index (Phi) is 5.87. The van der Waals surface area contributed by atoms with E-state index >= 15 is 0 Å². The number of carbonyl (C=O) groups excluding carboxylic acids is 3. The van der Waals surface area contributed by atoms with Gasteiger partial charge in [-0.1, -0.05) is 12.1 Å². The zero-order valence-corrected chi connectivity index (χ0v) is 17.7. The van der Waals surface area contributed by atoms with Crippen molar-refractivity contribution in [2.45, 2.75) is 52.2 Å². The molecule has 0 radical (unpaired) electrons. The highest BCUT2D eigenvalue weighted by Crippen LogP contribution is 2.37. The van der Waals surface area contributed by atoms with Crippen LogP contribution >= 0.6 is 0 Å². The number of nitrogens with zero attached hydrogens (tertiary/aromatic N) is 2. The second-order valence-electron chi connectivity index (χ2n) is 8.98. The summed E-state index contributed by atoms with van der Waals surface area (Å²) in [6.07, 6.45) is 0.883. The summed E-state index contributed by atoms with van der Waals surface area (Å²) >= 11 is 0. The molecule has 2 heterocycles. The minimum Gasteiger partial charge on any atom is -0.497 e. The van der Waals surface area contributed by atoms with Gasteiger partial charge in [0.1, 0.15) is 11.4 Å². The number of Topliss-reactive ketones (excluding diaryl/α,β-unsaturated/α-hetero) is 1. The fraction of sp³-hybridized carbons (Fsp3) is 0.591. The zero-order chi connectivity index (χ0) is 21.2. The molecule has 29 heavy (non-hydrogen) atoms. The summed E-state index contributed by atoms with van der Waals surface area (Å²) in [7, 11) is 1.61. The summed E-state index contributed by atoms with van der Waals surface area (Å²) in [5.74, 6) is 0.526. The van der Waals surface area contributed by atoms with Crippen LogP contribution in [0.5, 0.6) is 5.75 Å². The molecule has 3 rings (SSSR count). The minimum absolute atomic E-state index is 0.0678. The summed E-state index contributed by atoms with van der Waals surface area (Å²) in [4.78, 5) is 41.3. The highest BCUT2D eigenvalue weighted by Gasteiger charge is 2.49. The van der Waals surface area contributed by atoms with Crippen molar-refractivity contribution < 1.29 is 23.9 Å². The Bertz CT molecular complexity index is 783. The van der Waals surface area contributed by atoms with E-state index in [0.29, 0.717) is 32.6 Å². The third-order valence-corrected chi connectivity index (χ3v) is 5.51. The molecule has 7 heteroatoms. The number of ether oxygens (including phenoxy) is 2. The molecule has 2 aliphatic rings. The summed E-state index contributed by atoms with van der Waals surface area (Å²) in [5, 5.41) is 0. The van der Waals surface area contributed by atoms with Gasteiger partial charge in [0, 0.05) is 26.2 Å². The molecule has 2 fully saturated rings. The van der Waals surface area contributed by atoms with Gasteiger partial charge in [-0.05, 0) is 51.3 Å². The largest absolute Gasteiger partial charge is 0.497 e. The second kappa shape index (κ2) is 8.05. The van der Waals surface area contributed by atoms with Crippen LogP contribution in [0.15, 0.2) is 24.3 Å². The molecular formula is C22H30N2O5. The van der Waals surface area contributed by atoms with Crippen LogP contribution in [0.3, 0.4) is 0 Å². The molecule has 2 amide bonds. The SMILES string of the molecule is COc1ccc(CN2CC3(CCCN(C(=O)OC(C)(C)C)C3)C(=O)CC2=O)cc1. The lowest BCUT2D eigenvalue weighted by Gasteiger charge is -2.46. The van der Waals surface area contributed by atoms with Gasteiger partial charge in [-0.3, -0.25) is 9.59 Å². The maximum absolute atomic E-state index is 12.9. The monoisotopic (exact) mass is 402 g/mol. The maximum atomic E-state index is 12.9. The lowest BCUT2D eigenvalue weighted by Crippen LogP contribution is -2.59. The van der Waals surface area contributed by atoms with Gasteiger partial charge in [-0.2, -0.15) is 0 Å². The molecule has 2 aliphatic heterocycles. The Morgan fingerprint density at radius 2 is 1.83 bits per heavy atom. The molecule has 2 saturated heterocycles. The van der Waals surface area contributed by atoms with Crippen molar-refractivity contribution in [1.82, 2.24) is 9.80 Å². The summed E-state index contributed by atoms with van der Waals surface area (Å²) in [6.45, 7) is 7.10. The van der Waals surface area contributed by atoms with Crippen molar-refractivity contribution in [3.05, 3.63) is 29.8 Å². The second-order valence-corrected chi connectivity index (χ2v) is 8.98. The Hall–Kier alpha value is -2.57. The summed E-state index contributed by atoms with van der Waals surface area (Å²) < 4.78 is 10.7. The fourth-order valence-corrected chi connectivity index (χ4v) is 4.04. The van der Waals surface area contributed by atoms with Crippen LogP contribution in [0.2, 0.25) is 0 Å². The van der Waals surface area contributed by atoms with Crippen molar-refractivity contribution in [1.29, 1.82) is 0 Å². The van der Waals surface area contributed by atoms with Crippen LogP contribution in [0.1, 0.15) is 45.6 Å². The number of carbonyl (C=O) groups is 3. The molecular weight excluding hydrogens is 372 g/mol. The third kappa shape index (κ3) is 4.89. The first-order valence-corrected chi connectivity index (χ1v) is 10.0. The standard InChI is InChI=1S/C22H30N2O5/c1-21(2,3)29-20(27)23-11-5-10-22(14-23)15-24(19(26)12-18(22)25)13-16-6-8-17(28-4)9-7-16/h6-9H,5,10-15H2,1-4H3. The van der Waals surface area contributed by atoms with E-state index in [1.54, 1.807) is 16.9 Å². The van der Waals surface area contributed by atoms with Crippen molar-refractivity contribution >= 4 is 17.8 Å². The minimum atomic E-state index is -0.713. The first-order chi connectivity index (χ1) is 13.6. The van der Waals surface area contributed by atoms with Gasteiger partial charge in [0.15, 0.2) is 5.78 Å². The van der Waals surface area contributed by atoms with Gasteiger partial charge in [-0.15, -0.1) is 0 Å². The lowest BCUT2D eigenvalue weighted by atomic mass is 9.72. The van der Waals surface area contributed by atoms with E-state index in [1.165, 1.54) is 0 Å². The molecule has 1 spiro atoms. The molecule has 7 nitrogen and oxygen atoms in total. The fourth-order valence-electron chi connectivity index (χ4n) is 4.04. The molecule has 1 aromatic carbocycles. The van der Waals surface area contributed by atoms with E-state index in [2.05, 4.69) is 0 Å². The van der Waals surface area contributed by atoms with E-state index in [9.17, 15) is 14.4 Å². The van der Waals surface area contributed by atoms with E-state index in [-0.39, 0.29) is 18.1 Å². The van der Waals surface area contributed by atoms with Gasteiger partial charge in [-0.25, -0.2) is 4.79 Å². The highest BCUT2D eigenvalue weighted by atomic mass is 16.6. The van der Waals surface area contributed by atoms with E-state index in [4.69, 9.17) is 9.47 Å². The number of hydrogen-bond donors (Lipinski definition) is 0. The molecule has 0 bridgehead atoms. The van der Waals surface area contributed by atoms with Crippen LogP contribution < -0.4 is 4.74 Å². The third-order valence-electron chi connectivity index (χ3n) is 5.51. The molecule has 1 unspecified atom stereocenters. The number of likely N-dealkylation sites (tertiary alicyclic amines) is 2. The zero-order valence-electron chi connectivity index (χ0n) is 17.7. The smallest absolute Gasteiger partial charge is 0.410 e. The van der Waals surface area contributed by atoms with Crippen LogP contribution in [0.4, 0.5) is 4.79 Å². The molecule has 0 aliphatic carbocycles. The van der Waals surface area contributed by atoms with Crippen LogP contribution in [-0.2, 0) is 20.9 Å². The average Bonchev–Trinajstić information content (AvgIpc) is 2.66. The number of benzene rings is 1. The predicted molar refractivity (Wildman–Crippen MR) is 108 cm³/mol. The number of piperidine rings is 2. The molecule has 0 saturated carbocycles. The van der Waals surface area contributed by atoms with Crippen LogP contribution in [-0.4, -0.2) is 59.9 Å². The van der Waals surface area contributed by atoms with E-state index in [0.717, 1.165) is 17.7 Å². The molecule has 158 valence electrons. The molecule has 0 N–H and O–H groups in total. The average molecular weight is 402 g/mol. The van der Waals surface area contributed by atoms with Crippen molar-refractivity contribution in [2.24, 2.45) is 5.41 Å². The Labute approximate surface area is 171 Å². The molecule has 1 aromatic rings. The maximum Gasteiger partial charge on any atom is 0.410 e. The number of rotatable bonds is 3. The molecule has 1 atom stereocenters. The summed E-state index contributed by atoms with van der Waals surface area (Å²) in [5.41, 5.74) is -0.326. The van der Waals surface area contributed by atoms with Gasteiger partial charge in [0.2, 0.25) is 5.91 Å². The Balaban J connectivity index is 1.74. The number of amides is 2. The molecule has 0 aromatic heterocycles. The van der Waals surface area contributed by atoms with Gasteiger partial charge in [0.05, 0.1) is 18.9 Å². The summed E-state index contributed by atoms with van der Waals surface area (Å²) in [6, 6.07) is 7.55. The van der Waals surface area contributed by atoms with Gasteiger partial charge < -0.3 is 19.3 Å². The number of hydrogen-bond acceptors (Lipinski definition) is 5. The van der Waals surface area contributed by atoms with E-state index < -0.39 is 17.1 Å². The predicted octanol–water partition coefficient (Wildman–Crippen LogP) is 3.01. The van der Waals surface area contributed by atoms with Crippen molar-refractivity contribution in [3.8, 4) is 5.75 Å². The van der Waals surface area contributed by atoms with Gasteiger partial charge >= 0.3 is 6.09 Å². The van der Waals surface area contributed by atoms with Crippen molar-refractivity contribution in [3.63, 3.8) is 0 Å². The lowest BCUT2D eigenvalue weighted by molar-refractivity contribution is -0.151. The first kappa shape index (κ1) is 21.1. The Morgan fingerprint density at radius 3 is 2.45 bits per heavy atom. The van der Waals surface area contributed by atoms with Gasteiger partial charge in [0.25, 0.3) is 0 Å². The first-order valence-electron chi connectivity index (χ1n) is 10.0. The van der Waals surface area contributed by atoms with Crippen LogP contribution in [0, 0.1) is 5.41 Å². The number of ketones is 1. The Morgan fingerprint density at radius 1 is 1.14 bits per heavy atom. The number of methoxy groups -OCH3 is 1. The van der Waals surface area contributed by atoms with E-state index in [1.807, 2.05) is 45.0 Å². The topological polar surface area (TPSA) is 76.2 Å². The highest BCUT2D eigenvalue weighted by molar-refractivity contribution is 6.03. The van der Waals surface area contributed by atoms with Crippen LogP contribution in [0.25, 0.3) is 0 Å². The quantitative estimate of drug-likeness (QED) is 0.727.